The number of carbonyl (C=O) groups is 1. The van der Waals surface area contributed by atoms with Gasteiger partial charge in [0.2, 0.25) is 10.0 Å². The fraction of sp³-hybridized carbons (Fsp3) is 0.167. The van der Waals surface area contributed by atoms with Crippen LogP contribution in [0, 0.1) is 0 Å². The molecule has 0 saturated heterocycles. The lowest BCUT2D eigenvalue weighted by Crippen LogP contribution is -2.14. The molecule has 0 bridgehead atoms. The molecule has 0 aliphatic rings. The zero-order chi connectivity index (χ0) is 15.6. The van der Waals surface area contributed by atoms with Crippen LogP contribution in [-0.4, -0.2) is 30.4 Å². The van der Waals surface area contributed by atoms with E-state index in [1.165, 1.54) is 18.2 Å². The number of hydrogen-bond donors (Lipinski definition) is 2. The molecule has 112 valence electrons. The molecule has 0 aliphatic carbocycles. The minimum absolute atomic E-state index is 0.146. The molecule has 2 aromatic rings. The van der Waals surface area contributed by atoms with Crippen molar-refractivity contribution >= 4 is 39.0 Å². The Bertz CT molecular complexity index is 786. The van der Waals surface area contributed by atoms with Gasteiger partial charge in [-0.05, 0) is 18.2 Å². The number of aromatic nitrogens is 2. The Kier molecular flexibility index (Phi) is 4.19. The fourth-order valence-electron chi connectivity index (χ4n) is 1.61. The number of benzene rings is 1. The van der Waals surface area contributed by atoms with Crippen molar-refractivity contribution in [2.75, 3.05) is 16.3 Å². The van der Waals surface area contributed by atoms with Gasteiger partial charge in [-0.1, -0.05) is 11.6 Å². The van der Waals surface area contributed by atoms with Crippen molar-refractivity contribution in [2.24, 2.45) is 7.05 Å². The highest BCUT2D eigenvalue weighted by Crippen LogP contribution is 2.24. The molecule has 0 fully saturated rings. The van der Waals surface area contributed by atoms with Crippen LogP contribution in [0.25, 0.3) is 0 Å². The smallest absolute Gasteiger partial charge is 0.256 e. The molecular formula is C12H13ClN4O3S. The number of anilines is 2. The second-order valence-electron chi connectivity index (χ2n) is 4.40. The molecule has 2 rings (SSSR count). The zero-order valence-corrected chi connectivity index (χ0v) is 12.9. The van der Waals surface area contributed by atoms with Crippen molar-refractivity contribution in [1.82, 2.24) is 9.78 Å². The molecule has 0 atom stereocenters. The van der Waals surface area contributed by atoms with E-state index in [1.54, 1.807) is 24.0 Å². The number of sulfonamides is 1. The van der Waals surface area contributed by atoms with E-state index in [-0.39, 0.29) is 16.3 Å². The number of rotatable bonds is 4. The van der Waals surface area contributed by atoms with E-state index in [1.807, 2.05) is 0 Å². The van der Waals surface area contributed by atoms with Gasteiger partial charge in [-0.25, -0.2) is 8.42 Å². The highest BCUT2D eigenvalue weighted by molar-refractivity contribution is 7.92. The summed E-state index contributed by atoms with van der Waals surface area (Å²) in [4.78, 5) is 12.1. The third kappa shape index (κ3) is 4.20. The summed E-state index contributed by atoms with van der Waals surface area (Å²) in [7, 11) is -1.75. The standard InChI is InChI=1S/C12H13ClN4O3S/c1-17-6-5-11(15-17)14-12(18)8-3-4-9(13)10(7-8)16-21(2,19)20/h3-7,16H,1-2H3,(H,14,15,18). The average molecular weight is 329 g/mol. The first-order chi connectivity index (χ1) is 9.74. The molecule has 0 radical (unpaired) electrons. The van der Waals surface area contributed by atoms with Crippen LogP contribution in [0.15, 0.2) is 30.5 Å². The summed E-state index contributed by atoms with van der Waals surface area (Å²) in [6.45, 7) is 0. The first-order valence-electron chi connectivity index (χ1n) is 5.83. The maximum absolute atomic E-state index is 12.1. The topological polar surface area (TPSA) is 93.1 Å². The molecule has 0 spiro atoms. The molecule has 1 amide bonds. The number of hydrogen-bond acceptors (Lipinski definition) is 4. The molecule has 0 unspecified atom stereocenters. The normalized spacial score (nSPS) is 11.2. The van der Waals surface area contributed by atoms with Gasteiger partial charge >= 0.3 is 0 Å². The predicted molar refractivity (Wildman–Crippen MR) is 81.1 cm³/mol. The van der Waals surface area contributed by atoms with Crippen LogP contribution in [0.2, 0.25) is 5.02 Å². The zero-order valence-electron chi connectivity index (χ0n) is 11.3. The largest absolute Gasteiger partial charge is 0.305 e. The van der Waals surface area contributed by atoms with E-state index in [2.05, 4.69) is 15.1 Å². The number of halogens is 1. The van der Waals surface area contributed by atoms with Crippen molar-refractivity contribution in [2.45, 2.75) is 0 Å². The molecule has 1 aromatic carbocycles. The van der Waals surface area contributed by atoms with Crippen molar-refractivity contribution in [1.29, 1.82) is 0 Å². The molecule has 21 heavy (non-hydrogen) atoms. The molecule has 2 N–H and O–H groups in total. The second-order valence-corrected chi connectivity index (χ2v) is 6.55. The SMILES string of the molecule is Cn1ccc(NC(=O)c2ccc(Cl)c(NS(C)(=O)=O)c2)n1. The van der Waals surface area contributed by atoms with E-state index in [0.29, 0.717) is 5.82 Å². The van der Waals surface area contributed by atoms with Crippen LogP contribution < -0.4 is 10.0 Å². The number of nitrogens with one attached hydrogen (secondary N) is 2. The third-order valence-electron chi connectivity index (χ3n) is 2.48. The molecule has 1 aromatic heterocycles. The molecule has 0 saturated carbocycles. The van der Waals surface area contributed by atoms with Crippen LogP contribution in [0.1, 0.15) is 10.4 Å². The third-order valence-corrected chi connectivity index (χ3v) is 3.40. The Morgan fingerprint density at radius 3 is 2.62 bits per heavy atom. The van der Waals surface area contributed by atoms with Gasteiger partial charge < -0.3 is 5.32 Å². The van der Waals surface area contributed by atoms with E-state index < -0.39 is 15.9 Å². The first kappa shape index (κ1) is 15.3. The van der Waals surface area contributed by atoms with Crippen molar-refractivity contribution in [3.8, 4) is 0 Å². The number of aryl methyl sites for hydroxylation is 1. The molecule has 0 aliphatic heterocycles. The summed E-state index contributed by atoms with van der Waals surface area (Å²) >= 11 is 5.90. The van der Waals surface area contributed by atoms with Crippen LogP contribution in [0.5, 0.6) is 0 Å². The van der Waals surface area contributed by atoms with Crippen molar-refractivity contribution in [3.05, 3.63) is 41.0 Å². The molecule has 1 heterocycles. The van der Waals surface area contributed by atoms with Crippen LogP contribution >= 0.6 is 11.6 Å². The lowest BCUT2D eigenvalue weighted by atomic mass is 10.2. The summed E-state index contributed by atoms with van der Waals surface area (Å²) in [5.41, 5.74) is 0.407. The number of carbonyl (C=O) groups excluding carboxylic acids is 1. The van der Waals surface area contributed by atoms with Crippen molar-refractivity contribution in [3.63, 3.8) is 0 Å². The summed E-state index contributed by atoms with van der Waals surface area (Å²) in [5.74, 6) is -0.0167. The number of amides is 1. The summed E-state index contributed by atoms with van der Waals surface area (Å²) < 4.78 is 26.3. The van der Waals surface area contributed by atoms with E-state index in [0.717, 1.165) is 6.26 Å². The maximum atomic E-state index is 12.1. The van der Waals surface area contributed by atoms with Crippen LogP contribution in [0.3, 0.4) is 0 Å². The molecule has 9 heteroatoms. The minimum Gasteiger partial charge on any atom is -0.305 e. The van der Waals surface area contributed by atoms with Crippen LogP contribution in [-0.2, 0) is 17.1 Å². The summed E-state index contributed by atoms with van der Waals surface area (Å²) in [6, 6.07) is 5.95. The Morgan fingerprint density at radius 2 is 2.05 bits per heavy atom. The van der Waals surface area contributed by atoms with Gasteiger partial charge in [-0.2, -0.15) is 5.10 Å². The quantitative estimate of drug-likeness (QED) is 0.893. The Labute approximate surface area is 127 Å². The second kappa shape index (κ2) is 5.74. The lowest BCUT2D eigenvalue weighted by Gasteiger charge is -2.08. The minimum atomic E-state index is -3.48. The number of nitrogens with zero attached hydrogens (tertiary/aromatic N) is 2. The van der Waals surface area contributed by atoms with Gasteiger partial charge in [0, 0.05) is 24.9 Å². The monoisotopic (exact) mass is 328 g/mol. The Morgan fingerprint density at radius 1 is 1.33 bits per heavy atom. The van der Waals surface area contributed by atoms with Gasteiger partial charge in [-0.15, -0.1) is 0 Å². The van der Waals surface area contributed by atoms with E-state index in [4.69, 9.17) is 11.6 Å². The molecular weight excluding hydrogens is 316 g/mol. The maximum Gasteiger partial charge on any atom is 0.256 e. The fourth-order valence-corrected chi connectivity index (χ4v) is 2.40. The van der Waals surface area contributed by atoms with E-state index >= 15 is 0 Å². The Hall–Kier alpha value is -2.06. The first-order valence-corrected chi connectivity index (χ1v) is 8.10. The van der Waals surface area contributed by atoms with Crippen LogP contribution in [0.4, 0.5) is 11.5 Å². The highest BCUT2D eigenvalue weighted by atomic mass is 35.5. The summed E-state index contributed by atoms with van der Waals surface area (Å²) in [6.07, 6.45) is 2.69. The van der Waals surface area contributed by atoms with Gasteiger partial charge in [0.05, 0.1) is 17.0 Å². The predicted octanol–water partition coefficient (Wildman–Crippen LogP) is 1.70. The lowest BCUT2D eigenvalue weighted by molar-refractivity contribution is 0.102. The van der Waals surface area contributed by atoms with Gasteiger partial charge in [0.1, 0.15) is 0 Å². The van der Waals surface area contributed by atoms with E-state index in [9.17, 15) is 13.2 Å². The Balaban J connectivity index is 2.23. The molecule has 7 nitrogen and oxygen atoms in total. The van der Waals surface area contributed by atoms with Gasteiger partial charge in [0.15, 0.2) is 5.82 Å². The van der Waals surface area contributed by atoms with Gasteiger partial charge in [-0.3, -0.25) is 14.2 Å². The summed E-state index contributed by atoms with van der Waals surface area (Å²) in [5, 5.41) is 6.82. The highest BCUT2D eigenvalue weighted by Gasteiger charge is 2.12. The average Bonchev–Trinajstić information content (AvgIpc) is 2.75. The van der Waals surface area contributed by atoms with Gasteiger partial charge in [0.25, 0.3) is 5.91 Å². The van der Waals surface area contributed by atoms with Crippen molar-refractivity contribution < 1.29 is 13.2 Å².